The average molecular weight is 255 g/mol. The standard InChI is InChI=1S/C13H25N3O2/c1-5-6-11(17-4)12-15-13(18-16-12)10(8-14)7-9(2)3/h9-11H,5-8,14H2,1-4H3. The lowest BCUT2D eigenvalue weighted by Crippen LogP contribution is -2.15. The van der Waals surface area contributed by atoms with Gasteiger partial charge in [0.2, 0.25) is 11.7 Å². The van der Waals surface area contributed by atoms with Gasteiger partial charge in [-0.15, -0.1) is 0 Å². The van der Waals surface area contributed by atoms with Gasteiger partial charge < -0.3 is 15.0 Å². The zero-order chi connectivity index (χ0) is 13.5. The Hall–Kier alpha value is -0.940. The van der Waals surface area contributed by atoms with Crippen LogP contribution in [0, 0.1) is 5.92 Å². The number of ether oxygens (including phenoxy) is 1. The zero-order valence-electron chi connectivity index (χ0n) is 11.8. The van der Waals surface area contributed by atoms with Crippen molar-refractivity contribution in [2.45, 2.75) is 52.1 Å². The van der Waals surface area contributed by atoms with Crippen LogP contribution < -0.4 is 5.73 Å². The number of nitrogens with zero attached hydrogens (tertiary/aromatic N) is 2. The second-order valence-corrected chi connectivity index (χ2v) is 5.07. The van der Waals surface area contributed by atoms with Crippen molar-refractivity contribution < 1.29 is 9.26 Å². The van der Waals surface area contributed by atoms with E-state index in [9.17, 15) is 0 Å². The van der Waals surface area contributed by atoms with Gasteiger partial charge in [-0.2, -0.15) is 4.98 Å². The molecule has 0 aromatic carbocycles. The lowest BCUT2D eigenvalue weighted by atomic mass is 9.97. The van der Waals surface area contributed by atoms with Crippen LogP contribution >= 0.6 is 0 Å². The first-order chi connectivity index (χ1) is 8.62. The Labute approximate surface area is 109 Å². The van der Waals surface area contributed by atoms with Crippen molar-refractivity contribution in [2.75, 3.05) is 13.7 Å². The topological polar surface area (TPSA) is 74.2 Å². The van der Waals surface area contributed by atoms with Crippen molar-refractivity contribution in [3.05, 3.63) is 11.7 Å². The lowest BCUT2D eigenvalue weighted by Gasteiger charge is -2.12. The molecule has 5 heteroatoms. The van der Waals surface area contributed by atoms with E-state index in [4.69, 9.17) is 15.0 Å². The fourth-order valence-corrected chi connectivity index (χ4v) is 2.03. The van der Waals surface area contributed by atoms with Crippen molar-refractivity contribution in [3.8, 4) is 0 Å². The van der Waals surface area contributed by atoms with Crippen molar-refractivity contribution in [3.63, 3.8) is 0 Å². The van der Waals surface area contributed by atoms with E-state index in [-0.39, 0.29) is 12.0 Å². The quantitative estimate of drug-likeness (QED) is 0.773. The van der Waals surface area contributed by atoms with Crippen LogP contribution in [-0.2, 0) is 4.74 Å². The van der Waals surface area contributed by atoms with Gasteiger partial charge in [0.1, 0.15) is 6.10 Å². The molecule has 0 spiro atoms. The van der Waals surface area contributed by atoms with E-state index in [1.54, 1.807) is 7.11 Å². The van der Waals surface area contributed by atoms with Crippen molar-refractivity contribution >= 4 is 0 Å². The Kier molecular flexibility index (Phi) is 6.29. The van der Waals surface area contributed by atoms with Crippen LogP contribution in [0.2, 0.25) is 0 Å². The molecule has 0 amide bonds. The van der Waals surface area contributed by atoms with Crippen molar-refractivity contribution in [1.82, 2.24) is 10.1 Å². The highest BCUT2D eigenvalue weighted by Crippen LogP contribution is 2.24. The summed E-state index contributed by atoms with van der Waals surface area (Å²) in [6.07, 6.45) is 2.80. The molecule has 0 fully saturated rings. The summed E-state index contributed by atoms with van der Waals surface area (Å²) in [5.41, 5.74) is 5.77. The molecule has 2 N–H and O–H groups in total. The predicted molar refractivity (Wildman–Crippen MR) is 70.2 cm³/mol. The molecule has 1 aromatic rings. The van der Waals surface area contributed by atoms with Gasteiger partial charge >= 0.3 is 0 Å². The van der Waals surface area contributed by atoms with Gasteiger partial charge in [-0.3, -0.25) is 0 Å². The monoisotopic (exact) mass is 255 g/mol. The molecule has 1 aromatic heterocycles. The Balaban J connectivity index is 2.76. The second kappa shape index (κ2) is 7.48. The van der Waals surface area contributed by atoms with E-state index in [0.29, 0.717) is 24.2 Å². The van der Waals surface area contributed by atoms with Crippen LogP contribution in [0.3, 0.4) is 0 Å². The van der Waals surface area contributed by atoms with E-state index in [0.717, 1.165) is 19.3 Å². The van der Waals surface area contributed by atoms with E-state index in [2.05, 4.69) is 30.9 Å². The van der Waals surface area contributed by atoms with Crippen LogP contribution in [0.25, 0.3) is 0 Å². The van der Waals surface area contributed by atoms with Crippen LogP contribution in [0.5, 0.6) is 0 Å². The molecule has 1 heterocycles. The molecule has 0 saturated heterocycles. The summed E-state index contributed by atoms with van der Waals surface area (Å²) >= 11 is 0. The Morgan fingerprint density at radius 3 is 2.61 bits per heavy atom. The van der Waals surface area contributed by atoms with Gasteiger partial charge in [-0.1, -0.05) is 32.3 Å². The average Bonchev–Trinajstić information content (AvgIpc) is 2.82. The smallest absolute Gasteiger partial charge is 0.231 e. The van der Waals surface area contributed by atoms with Crippen LogP contribution in [0.1, 0.15) is 63.8 Å². The van der Waals surface area contributed by atoms with Gasteiger partial charge in [0, 0.05) is 13.7 Å². The number of hydrogen-bond acceptors (Lipinski definition) is 5. The third-order valence-corrected chi connectivity index (χ3v) is 2.97. The molecule has 0 aliphatic heterocycles. The Morgan fingerprint density at radius 1 is 1.39 bits per heavy atom. The molecule has 0 bridgehead atoms. The second-order valence-electron chi connectivity index (χ2n) is 5.07. The van der Waals surface area contributed by atoms with Gasteiger partial charge in [-0.25, -0.2) is 0 Å². The molecule has 2 atom stereocenters. The van der Waals surface area contributed by atoms with Gasteiger partial charge in [-0.05, 0) is 18.8 Å². The molecular weight excluding hydrogens is 230 g/mol. The predicted octanol–water partition coefficient (Wildman–Crippen LogP) is 2.65. The van der Waals surface area contributed by atoms with E-state index >= 15 is 0 Å². The fraction of sp³-hybridized carbons (Fsp3) is 0.846. The Morgan fingerprint density at radius 2 is 2.11 bits per heavy atom. The number of aromatic nitrogens is 2. The number of nitrogens with two attached hydrogens (primary N) is 1. The van der Waals surface area contributed by atoms with Crippen molar-refractivity contribution in [2.24, 2.45) is 11.7 Å². The molecule has 18 heavy (non-hydrogen) atoms. The highest BCUT2D eigenvalue weighted by atomic mass is 16.5. The van der Waals surface area contributed by atoms with E-state index < -0.39 is 0 Å². The third kappa shape index (κ3) is 4.07. The SMILES string of the molecule is CCCC(OC)c1noc(C(CN)CC(C)C)n1. The number of rotatable bonds is 8. The van der Waals surface area contributed by atoms with E-state index in [1.165, 1.54) is 0 Å². The summed E-state index contributed by atoms with van der Waals surface area (Å²) in [6, 6.07) is 0. The van der Waals surface area contributed by atoms with Gasteiger partial charge in [0.25, 0.3) is 0 Å². The molecule has 2 unspecified atom stereocenters. The molecule has 0 radical (unpaired) electrons. The van der Waals surface area contributed by atoms with E-state index in [1.807, 2.05) is 0 Å². The number of hydrogen-bond donors (Lipinski definition) is 1. The summed E-state index contributed by atoms with van der Waals surface area (Å²) in [5, 5.41) is 4.02. The first-order valence-electron chi connectivity index (χ1n) is 6.68. The summed E-state index contributed by atoms with van der Waals surface area (Å²) in [5.74, 6) is 1.98. The zero-order valence-corrected chi connectivity index (χ0v) is 11.8. The molecule has 0 saturated carbocycles. The lowest BCUT2D eigenvalue weighted by molar-refractivity contribution is 0.0854. The maximum absolute atomic E-state index is 5.77. The van der Waals surface area contributed by atoms with Gasteiger partial charge in [0.05, 0.1) is 5.92 Å². The normalized spacial score (nSPS) is 15.0. The number of methoxy groups -OCH3 is 1. The molecule has 5 nitrogen and oxygen atoms in total. The Bertz CT molecular complexity index is 339. The minimum Gasteiger partial charge on any atom is -0.373 e. The molecule has 104 valence electrons. The highest BCUT2D eigenvalue weighted by molar-refractivity contribution is 4.97. The third-order valence-electron chi connectivity index (χ3n) is 2.97. The first-order valence-corrected chi connectivity index (χ1v) is 6.68. The maximum Gasteiger partial charge on any atom is 0.231 e. The highest BCUT2D eigenvalue weighted by Gasteiger charge is 2.22. The molecular formula is C13H25N3O2. The maximum atomic E-state index is 5.77. The van der Waals surface area contributed by atoms with Crippen LogP contribution in [0.15, 0.2) is 4.52 Å². The molecule has 0 aliphatic rings. The van der Waals surface area contributed by atoms with Crippen molar-refractivity contribution in [1.29, 1.82) is 0 Å². The van der Waals surface area contributed by atoms with Crippen LogP contribution in [-0.4, -0.2) is 23.8 Å². The molecule has 0 aliphatic carbocycles. The van der Waals surface area contributed by atoms with Crippen LogP contribution in [0.4, 0.5) is 0 Å². The van der Waals surface area contributed by atoms with Gasteiger partial charge in [0.15, 0.2) is 0 Å². The summed E-state index contributed by atoms with van der Waals surface area (Å²) in [4.78, 5) is 4.44. The first kappa shape index (κ1) is 15.1. The minimum absolute atomic E-state index is 0.0787. The largest absolute Gasteiger partial charge is 0.373 e. The summed E-state index contributed by atoms with van der Waals surface area (Å²) in [6.45, 7) is 6.96. The fourth-order valence-electron chi connectivity index (χ4n) is 2.03. The molecule has 1 rings (SSSR count). The summed E-state index contributed by atoms with van der Waals surface area (Å²) < 4.78 is 10.7. The minimum atomic E-state index is -0.0787. The summed E-state index contributed by atoms with van der Waals surface area (Å²) in [7, 11) is 1.67.